The molecule has 0 bridgehead atoms. The summed E-state index contributed by atoms with van der Waals surface area (Å²) in [6, 6.07) is 7.61. The third-order valence-corrected chi connectivity index (χ3v) is 4.51. The Balaban J connectivity index is 0.00000264. The van der Waals surface area contributed by atoms with Gasteiger partial charge in [0.1, 0.15) is 5.75 Å². The van der Waals surface area contributed by atoms with Crippen molar-refractivity contribution in [3.63, 3.8) is 0 Å². The molecule has 1 fully saturated rings. The molecule has 1 amide bonds. The van der Waals surface area contributed by atoms with E-state index in [1.807, 2.05) is 18.2 Å². The SMILES string of the molecule is Cl.NCC1CCCCC1NC(=O)CCCOc1ccccc1Cl. The molecule has 4 nitrogen and oxygen atoms in total. The second kappa shape index (κ2) is 10.7. The Labute approximate surface area is 149 Å². The van der Waals surface area contributed by atoms with Crippen molar-refractivity contribution >= 4 is 29.9 Å². The van der Waals surface area contributed by atoms with E-state index in [0.29, 0.717) is 42.7 Å². The lowest BCUT2D eigenvalue weighted by atomic mass is 9.84. The summed E-state index contributed by atoms with van der Waals surface area (Å²) in [4.78, 5) is 12.0. The quantitative estimate of drug-likeness (QED) is 0.730. The molecule has 23 heavy (non-hydrogen) atoms. The van der Waals surface area contributed by atoms with Crippen molar-refractivity contribution in [3.05, 3.63) is 29.3 Å². The number of nitrogens with one attached hydrogen (secondary N) is 1. The highest BCUT2D eigenvalue weighted by molar-refractivity contribution is 6.32. The van der Waals surface area contributed by atoms with Crippen molar-refractivity contribution in [2.45, 2.75) is 44.6 Å². The minimum atomic E-state index is 0. The number of carbonyl (C=O) groups excluding carboxylic acids is 1. The number of para-hydroxylation sites is 1. The summed E-state index contributed by atoms with van der Waals surface area (Å²) in [5, 5.41) is 3.73. The summed E-state index contributed by atoms with van der Waals surface area (Å²) in [6.45, 7) is 1.14. The van der Waals surface area contributed by atoms with Crippen LogP contribution < -0.4 is 15.8 Å². The van der Waals surface area contributed by atoms with Gasteiger partial charge in [-0.05, 0) is 43.9 Å². The van der Waals surface area contributed by atoms with E-state index < -0.39 is 0 Å². The van der Waals surface area contributed by atoms with Crippen LogP contribution in [0.25, 0.3) is 0 Å². The number of hydrogen-bond acceptors (Lipinski definition) is 3. The molecule has 0 radical (unpaired) electrons. The van der Waals surface area contributed by atoms with Crippen molar-refractivity contribution < 1.29 is 9.53 Å². The van der Waals surface area contributed by atoms with Crippen molar-refractivity contribution in [2.75, 3.05) is 13.2 Å². The average Bonchev–Trinajstić information content (AvgIpc) is 2.53. The lowest BCUT2D eigenvalue weighted by Gasteiger charge is -2.31. The van der Waals surface area contributed by atoms with E-state index in [1.54, 1.807) is 6.07 Å². The first-order valence-electron chi connectivity index (χ1n) is 8.07. The Bertz CT molecular complexity index is 485. The van der Waals surface area contributed by atoms with Crippen molar-refractivity contribution in [1.29, 1.82) is 0 Å². The molecule has 1 saturated carbocycles. The highest BCUT2D eigenvalue weighted by Crippen LogP contribution is 2.24. The van der Waals surface area contributed by atoms with Gasteiger partial charge >= 0.3 is 0 Å². The minimum Gasteiger partial charge on any atom is -0.492 e. The normalized spacial score (nSPS) is 20.4. The van der Waals surface area contributed by atoms with Gasteiger partial charge in [-0.2, -0.15) is 0 Å². The Morgan fingerprint density at radius 2 is 2.04 bits per heavy atom. The Morgan fingerprint density at radius 3 is 2.78 bits per heavy atom. The summed E-state index contributed by atoms with van der Waals surface area (Å²) in [6.07, 6.45) is 5.72. The molecule has 6 heteroatoms. The molecule has 0 saturated heterocycles. The van der Waals surface area contributed by atoms with Crippen LogP contribution in [-0.2, 0) is 4.79 Å². The van der Waals surface area contributed by atoms with Gasteiger partial charge in [0.15, 0.2) is 0 Å². The fourth-order valence-corrected chi connectivity index (χ4v) is 3.13. The number of nitrogens with two attached hydrogens (primary N) is 1. The van der Waals surface area contributed by atoms with Crippen LogP contribution in [0.2, 0.25) is 5.02 Å². The molecule has 130 valence electrons. The second-order valence-electron chi connectivity index (χ2n) is 5.84. The van der Waals surface area contributed by atoms with Gasteiger partial charge in [0.2, 0.25) is 5.91 Å². The molecular formula is C17H26Cl2N2O2. The highest BCUT2D eigenvalue weighted by Gasteiger charge is 2.24. The topological polar surface area (TPSA) is 64.3 Å². The molecule has 2 rings (SSSR count). The molecule has 2 unspecified atom stereocenters. The fourth-order valence-electron chi connectivity index (χ4n) is 2.94. The first kappa shape index (κ1) is 20.1. The summed E-state index contributed by atoms with van der Waals surface area (Å²) < 4.78 is 5.59. The number of amides is 1. The van der Waals surface area contributed by atoms with Crippen LogP contribution in [0.5, 0.6) is 5.75 Å². The van der Waals surface area contributed by atoms with Crippen LogP contribution in [0.3, 0.4) is 0 Å². The molecule has 3 N–H and O–H groups in total. The van der Waals surface area contributed by atoms with Gasteiger partial charge in [-0.3, -0.25) is 4.79 Å². The van der Waals surface area contributed by atoms with Gasteiger partial charge in [0.05, 0.1) is 11.6 Å². The number of carbonyl (C=O) groups is 1. The molecular weight excluding hydrogens is 335 g/mol. The zero-order valence-corrected chi connectivity index (χ0v) is 14.9. The van der Waals surface area contributed by atoms with E-state index >= 15 is 0 Å². The largest absolute Gasteiger partial charge is 0.492 e. The molecule has 0 aliphatic heterocycles. The van der Waals surface area contributed by atoms with E-state index in [1.165, 1.54) is 12.8 Å². The molecule has 0 spiro atoms. The summed E-state index contributed by atoms with van der Waals surface area (Å²) in [5.74, 6) is 1.19. The molecule has 1 aromatic carbocycles. The van der Waals surface area contributed by atoms with E-state index in [-0.39, 0.29) is 24.4 Å². The Hall–Kier alpha value is -0.970. The van der Waals surface area contributed by atoms with E-state index in [2.05, 4.69) is 5.32 Å². The zero-order valence-electron chi connectivity index (χ0n) is 13.3. The van der Waals surface area contributed by atoms with Gasteiger partial charge in [-0.1, -0.05) is 36.6 Å². The highest BCUT2D eigenvalue weighted by atomic mass is 35.5. The first-order valence-corrected chi connectivity index (χ1v) is 8.45. The van der Waals surface area contributed by atoms with Gasteiger partial charge < -0.3 is 15.8 Å². The van der Waals surface area contributed by atoms with Gasteiger partial charge in [-0.15, -0.1) is 12.4 Å². The smallest absolute Gasteiger partial charge is 0.220 e. The van der Waals surface area contributed by atoms with Crippen molar-refractivity contribution in [3.8, 4) is 5.75 Å². The molecule has 1 aliphatic rings. The van der Waals surface area contributed by atoms with E-state index in [0.717, 1.165) is 12.8 Å². The molecule has 1 aliphatic carbocycles. The van der Waals surface area contributed by atoms with Crippen LogP contribution in [0, 0.1) is 5.92 Å². The fraction of sp³-hybridized carbons (Fsp3) is 0.588. The van der Waals surface area contributed by atoms with Crippen LogP contribution in [0.1, 0.15) is 38.5 Å². The van der Waals surface area contributed by atoms with Crippen LogP contribution in [0.4, 0.5) is 0 Å². The summed E-state index contributed by atoms with van der Waals surface area (Å²) >= 11 is 6.01. The third-order valence-electron chi connectivity index (χ3n) is 4.20. The predicted octanol–water partition coefficient (Wildman–Crippen LogP) is 3.55. The maximum absolute atomic E-state index is 12.0. The van der Waals surface area contributed by atoms with Crippen LogP contribution in [-0.4, -0.2) is 25.1 Å². The third kappa shape index (κ3) is 6.58. The standard InChI is InChI=1S/C17H25ClN2O2.ClH/c18-14-7-2-4-9-16(14)22-11-5-10-17(21)20-15-8-3-1-6-13(15)12-19;/h2,4,7,9,13,15H,1,3,5-6,8,10-12,19H2,(H,20,21);1H. The van der Waals surface area contributed by atoms with Gasteiger partial charge in [0, 0.05) is 12.5 Å². The lowest BCUT2D eigenvalue weighted by Crippen LogP contribution is -2.44. The molecule has 1 aromatic rings. The lowest BCUT2D eigenvalue weighted by molar-refractivity contribution is -0.122. The molecule has 0 aromatic heterocycles. The summed E-state index contributed by atoms with van der Waals surface area (Å²) in [7, 11) is 0. The zero-order chi connectivity index (χ0) is 15.8. The van der Waals surface area contributed by atoms with Gasteiger partial charge in [-0.25, -0.2) is 0 Å². The molecule has 2 atom stereocenters. The maximum atomic E-state index is 12.0. The average molecular weight is 361 g/mol. The number of benzene rings is 1. The van der Waals surface area contributed by atoms with Crippen LogP contribution in [0.15, 0.2) is 24.3 Å². The maximum Gasteiger partial charge on any atom is 0.220 e. The van der Waals surface area contributed by atoms with Crippen molar-refractivity contribution in [1.82, 2.24) is 5.32 Å². The number of ether oxygens (including phenoxy) is 1. The number of hydrogen-bond donors (Lipinski definition) is 2. The van der Waals surface area contributed by atoms with E-state index in [9.17, 15) is 4.79 Å². The Morgan fingerprint density at radius 1 is 1.30 bits per heavy atom. The monoisotopic (exact) mass is 360 g/mol. The minimum absolute atomic E-state index is 0. The van der Waals surface area contributed by atoms with Gasteiger partial charge in [0.25, 0.3) is 0 Å². The Kier molecular flexibility index (Phi) is 9.37. The predicted molar refractivity (Wildman–Crippen MR) is 96.4 cm³/mol. The first-order chi connectivity index (χ1) is 10.7. The number of rotatable bonds is 7. The van der Waals surface area contributed by atoms with Crippen molar-refractivity contribution in [2.24, 2.45) is 11.7 Å². The number of halogens is 2. The van der Waals surface area contributed by atoms with Crippen LogP contribution >= 0.6 is 24.0 Å². The second-order valence-corrected chi connectivity index (χ2v) is 6.24. The summed E-state index contributed by atoms with van der Waals surface area (Å²) in [5.41, 5.74) is 5.79. The van der Waals surface area contributed by atoms with E-state index in [4.69, 9.17) is 22.1 Å². The molecule has 0 heterocycles.